The Hall–Kier alpha value is -0.323. The predicted octanol–water partition coefficient (Wildman–Crippen LogP) is 4.87. The quantitative estimate of drug-likeness (QED) is 0.355. The molecule has 1 unspecified atom stereocenters. The van der Waals surface area contributed by atoms with Crippen LogP contribution >= 0.6 is 0 Å². The van der Waals surface area contributed by atoms with Crippen molar-refractivity contribution in [2.75, 3.05) is 6.61 Å². The van der Waals surface area contributed by atoms with E-state index >= 15 is 0 Å². The van der Waals surface area contributed by atoms with Crippen LogP contribution in [0.2, 0.25) is 18.1 Å². The standard InChI is InChI=1S/C17H36O3Si/c1-15(2)19-13-10-12-16(18)11-8-9-14-20-21(6,7)17(3,4)5/h10,13,15-16,18H,8-9,11-12,14H2,1-7H3/b13-10+. The first-order chi connectivity index (χ1) is 9.56. The topological polar surface area (TPSA) is 38.7 Å². The first-order valence-electron chi connectivity index (χ1n) is 8.19. The van der Waals surface area contributed by atoms with Crippen molar-refractivity contribution in [1.82, 2.24) is 0 Å². The van der Waals surface area contributed by atoms with Crippen molar-refractivity contribution in [3.63, 3.8) is 0 Å². The zero-order chi connectivity index (χ0) is 16.5. The van der Waals surface area contributed by atoms with Crippen molar-refractivity contribution in [2.24, 2.45) is 0 Å². The predicted molar refractivity (Wildman–Crippen MR) is 93.0 cm³/mol. The van der Waals surface area contributed by atoms with Crippen LogP contribution in [0.1, 0.15) is 60.3 Å². The summed E-state index contributed by atoms with van der Waals surface area (Å²) in [6, 6.07) is 0. The Balaban J connectivity index is 3.70. The molecule has 0 aliphatic rings. The van der Waals surface area contributed by atoms with Gasteiger partial charge in [0.1, 0.15) is 0 Å². The second-order valence-electron chi connectivity index (χ2n) is 7.55. The molecule has 0 aromatic carbocycles. The number of ether oxygens (including phenoxy) is 1. The van der Waals surface area contributed by atoms with Gasteiger partial charge in [-0.3, -0.25) is 0 Å². The third-order valence-corrected chi connectivity index (χ3v) is 8.59. The molecule has 0 aliphatic heterocycles. The Morgan fingerprint density at radius 1 is 1.14 bits per heavy atom. The molecular weight excluding hydrogens is 280 g/mol. The molecule has 1 atom stereocenters. The van der Waals surface area contributed by atoms with Crippen molar-refractivity contribution >= 4 is 8.32 Å². The van der Waals surface area contributed by atoms with Gasteiger partial charge in [0.2, 0.25) is 0 Å². The molecular formula is C17H36O3Si. The molecule has 0 radical (unpaired) electrons. The van der Waals surface area contributed by atoms with Crippen LogP contribution < -0.4 is 0 Å². The van der Waals surface area contributed by atoms with Gasteiger partial charge in [0.05, 0.1) is 18.5 Å². The van der Waals surface area contributed by atoms with E-state index in [1.807, 2.05) is 19.9 Å². The summed E-state index contributed by atoms with van der Waals surface area (Å²) in [6.45, 7) is 16.1. The Morgan fingerprint density at radius 3 is 2.29 bits per heavy atom. The second kappa shape index (κ2) is 9.64. The zero-order valence-corrected chi connectivity index (χ0v) is 16.1. The maximum absolute atomic E-state index is 9.86. The maximum Gasteiger partial charge on any atom is 0.191 e. The van der Waals surface area contributed by atoms with Gasteiger partial charge in [0.25, 0.3) is 0 Å². The van der Waals surface area contributed by atoms with E-state index in [0.29, 0.717) is 6.42 Å². The molecule has 3 nitrogen and oxygen atoms in total. The van der Waals surface area contributed by atoms with Gasteiger partial charge >= 0.3 is 0 Å². The summed E-state index contributed by atoms with van der Waals surface area (Å²) in [7, 11) is -1.61. The van der Waals surface area contributed by atoms with Crippen LogP contribution in [-0.2, 0) is 9.16 Å². The number of rotatable bonds is 10. The monoisotopic (exact) mass is 316 g/mol. The lowest BCUT2D eigenvalue weighted by Crippen LogP contribution is -2.40. The van der Waals surface area contributed by atoms with Crippen LogP contribution in [-0.4, -0.2) is 32.2 Å². The summed E-state index contributed by atoms with van der Waals surface area (Å²) in [6.07, 6.45) is 7.04. The molecule has 0 amide bonds. The molecule has 126 valence electrons. The molecule has 0 heterocycles. The fourth-order valence-corrected chi connectivity index (χ4v) is 2.66. The van der Waals surface area contributed by atoms with E-state index in [9.17, 15) is 5.11 Å². The molecule has 0 bridgehead atoms. The van der Waals surface area contributed by atoms with Crippen LogP contribution in [0.3, 0.4) is 0 Å². The molecule has 0 fully saturated rings. The first kappa shape index (κ1) is 20.7. The van der Waals surface area contributed by atoms with Crippen LogP contribution in [0.15, 0.2) is 12.3 Å². The minimum absolute atomic E-state index is 0.200. The van der Waals surface area contributed by atoms with Crippen LogP contribution in [0.25, 0.3) is 0 Å². The summed E-state index contributed by atoms with van der Waals surface area (Å²) >= 11 is 0. The lowest BCUT2D eigenvalue weighted by molar-refractivity contribution is 0.154. The van der Waals surface area contributed by atoms with Crippen molar-refractivity contribution in [1.29, 1.82) is 0 Å². The SMILES string of the molecule is CC(C)O/C=C/CC(O)CCCCO[Si](C)(C)C(C)(C)C. The van der Waals surface area contributed by atoms with E-state index in [4.69, 9.17) is 9.16 Å². The van der Waals surface area contributed by atoms with E-state index < -0.39 is 8.32 Å². The van der Waals surface area contributed by atoms with Gasteiger partial charge in [-0.1, -0.05) is 20.8 Å². The van der Waals surface area contributed by atoms with Gasteiger partial charge < -0.3 is 14.3 Å². The Bertz CT molecular complexity index is 293. The number of unbranched alkanes of at least 4 members (excludes halogenated alkanes) is 1. The molecule has 1 N–H and O–H groups in total. The van der Waals surface area contributed by atoms with Crippen molar-refractivity contribution in [3.05, 3.63) is 12.3 Å². The summed E-state index contributed by atoms with van der Waals surface area (Å²) in [4.78, 5) is 0. The minimum atomic E-state index is -1.61. The van der Waals surface area contributed by atoms with Gasteiger partial charge in [-0.05, 0) is 63.7 Å². The molecule has 0 aliphatic carbocycles. The number of aliphatic hydroxyl groups excluding tert-OH is 1. The van der Waals surface area contributed by atoms with Crippen LogP contribution in [0, 0.1) is 0 Å². The Labute approximate surface area is 132 Å². The van der Waals surface area contributed by atoms with E-state index in [1.54, 1.807) is 6.26 Å². The fourth-order valence-electron chi connectivity index (χ4n) is 1.57. The van der Waals surface area contributed by atoms with Gasteiger partial charge in [0, 0.05) is 6.61 Å². The number of hydrogen-bond donors (Lipinski definition) is 1. The summed E-state index contributed by atoms with van der Waals surface area (Å²) in [5.74, 6) is 0. The van der Waals surface area contributed by atoms with E-state index in [1.165, 1.54) is 0 Å². The van der Waals surface area contributed by atoms with Crippen molar-refractivity contribution in [2.45, 2.75) is 90.6 Å². The molecule has 0 rings (SSSR count). The average molecular weight is 317 g/mol. The van der Waals surface area contributed by atoms with Crippen LogP contribution in [0.5, 0.6) is 0 Å². The highest BCUT2D eigenvalue weighted by molar-refractivity contribution is 6.74. The molecule has 0 spiro atoms. The summed E-state index contributed by atoms with van der Waals surface area (Å²) < 4.78 is 11.4. The maximum atomic E-state index is 9.86. The molecule has 0 saturated heterocycles. The highest BCUT2D eigenvalue weighted by atomic mass is 28.4. The molecule has 21 heavy (non-hydrogen) atoms. The average Bonchev–Trinajstić information content (AvgIpc) is 2.32. The smallest absolute Gasteiger partial charge is 0.191 e. The molecule has 0 aromatic rings. The highest BCUT2D eigenvalue weighted by Crippen LogP contribution is 2.36. The molecule has 4 heteroatoms. The van der Waals surface area contributed by atoms with Gasteiger partial charge in [-0.2, -0.15) is 0 Å². The first-order valence-corrected chi connectivity index (χ1v) is 11.1. The summed E-state index contributed by atoms with van der Waals surface area (Å²) in [5.41, 5.74) is 0. The number of hydrogen-bond acceptors (Lipinski definition) is 3. The number of aliphatic hydroxyl groups is 1. The van der Waals surface area contributed by atoms with E-state index in [-0.39, 0.29) is 17.2 Å². The second-order valence-corrected chi connectivity index (χ2v) is 12.4. The van der Waals surface area contributed by atoms with Crippen molar-refractivity contribution in [3.8, 4) is 0 Å². The minimum Gasteiger partial charge on any atom is -0.499 e. The largest absolute Gasteiger partial charge is 0.499 e. The van der Waals surface area contributed by atoms with Gasteiger partial charge in [-0.25, -0.2) is 0 Å². The summed E-state index contributed by atoms with van der Waals surface area (Å²) in [5, 5.41) is 10.1. The third kappa shape index (κ3) is 10.1. The lowest BCUT2D eigenvalue weighted by Gasteiger charge is -2.36. The zero-order valence-electron chi connectivity index (χ0n) is 15.1. The van der Waals surface area contributed by atoms with E-state index in [2.05, 4.69) is 33.9 Å². The highest BCUT2D eigenvalue weighted by Gasteiger charge is 2.36. The van der Waals surface area contributed by atoms with Crippen LogP contribution in [0.4, 0.5) is 0 Å². The van der Waals surface area contributed by atoms with Gasteiger partial charge in [0.15, 0.2) is 8.32 Å². The Morgan fingerprint density at radius 2 is 1.76 bits per heavy atom. The normalized spacial score (nSPS) is 14.9. The molecule has 0 aromatic heterocycles. The van der Waals surface area contributed by atoms with Gasteiger partial charge in [-0.15, -0.1) is 0 Å². The fraction of sp³-hybridized carbons (Fsp3) is 0.882. The Kier molecular flexibility index (Phi) is 9.50. The van der Waals surface area contributed by atoms with E-state index in [0.717, 1.165) is 25.9 Å². The third-order valence-electron chi connectivity index (χ3n) is 4.06. The molecule has 0 saturated carbocycles. The lowest BCUT2D eigenvalue weighted by atomic mass is 10.1. The van der Waals surface area contributed by atoms with Crippen molar-refractivity contribution < 1.29 is 14.3 Å².